The van der Waals surface area contributed by atoms with Crippen LogP contribution in [0, 0.1) is 0 Å². The molecule has 0 aliphatic carbocycles. The van der Waals surface area contributed by atoms with E-state index in [1.165, 1.54) is 0 Å². The summed E-state index contributed by atoms with van der Waals surface area (Å²) in [4.78, 5) is 39.0. The van der Waals surface area contributed by atoms with Gasteiger partial charge in [0.05, 0.1) is 0 Å². The number of fused-ring (bicyclic) bond motifs is 1. The quantitative estimate of drug-likeness (QED) is 0.890. The first kappa shape index (κ1) is 16.5. The summed E-state index contributed by atoms with van der Waals surface area (Å²) < 4.78 is 0. The number of anilines is 1. The Kier molecular flexibility index (Phi) is 4.55. The number of hydrogen-bond acceptors (Lipinski definition) is 3. The smallest absolute Gasteiger partial charge is 0.251 e. The third-order valence-corrected chi connectivity index (χ3v) is 4.89. The molecule has 0 unspecified atom stereocenters. The minimum Gasteiger partial charge on any atom is -0.349 e. The van der Waals surface area contributed by atoms with Crippen LogP contribution in [0.3, 0.4) is 0 Å². The minimum atomic E-state index is -0.0830. The summed E-state index contributed by atoms with van der Waals surface area (Å²) >= 11 is 0. The Morgan fingerprint density at radius 1 is 1.04 bits per heavy atom. The fourth-order valence-electron chi connectivity index (χ4n) is 3.48. The number of hydrogen-bond donors (Lipinski definition) is 1. The van der Waals surface area contributed by atoms with Gasteiger partial charge in [0.2, 0.25) is 11.8 Å². The standard InChI is InChI=1S/C18H23N3O3/c1-12(22)20-8-6-16(7-9-20)19-18(24)15-3-4-17-14(11-15)5-10-21(17)13(2)23/h3-4,11,16H,5-10H2,1-2H3,(H,19,24). The largest absolute Gasteiger partial charge is 0.349 e. The number of likely N-dealkylation sites (tertiary alicyclic amines) is 1. The second-order valence-corrected chi connectivity index (χ2v) is 6.52. The van der Waals surface area contributed by atoms with Gasteiger partial charge in [0.25, 0.3) is 5.91 Å². The van der Waals surface area contributed by atoms with Gasteiger partial charge in [0, 0.05) is 50.8 Å². The molecule has 0 bridgehead atoms. The topological polar surface area (TPSA) is 69.7 Å². The highest BCUT2D eigenvalue weighted by atomic mass is 16.2. The van der Waals surface area contributed by atoms with Crippen LogP contribution in [0.15, 0.2) is 18.2 Å². The number of carbonyl (C=O) groups excluding carboxylic acids is 3. The zero-order valence-corrected chi connectivity index (χ0v) is 14.2. The van der Waals surface area contributed by atoms with E-state index in [4.69, 9.17) is 0 Å². The molecule has 3 rings (SSSR count). The molecule has 2 heterocycles. The number of amides is 3. The van der Waals surface area contributed by atoms with Crippen molar-refractivity contribution in [1.82, 2.24) is 10.2 Å². The van der Waals surface area contributed by atoms with E-state index in [0.29, 0.717) is 25.2 Å². The van der Waals surface area contributed by atoms with Crippen molar-refractivity contribution >= 4 is 23.4 Å². The molecule has 3 amide bonds. The summed E-state index contributed by atoms with van der Waals surface area (Å²) in [5.41, 5.74) is 2.59. The van der Waals surface area contributed by atoms with E-state index in [0.717, 1.165) is 30.5 Å². The Bertz CT molecular complexity index is 678. The van der Waals surface area contributed by atoms with Gasteiger partial charge in [-0.15, -0.1) is 0 Å². The first-order valence-corrected chi connectivity index (χ1v) is 8.43. The maximum Gasteiger partial charge on any atom is 0.251 e. The van der Waals surface area contributed by atoms with Gasteiger partial charge in [0.1, 0.15) is 0 Å². The van der Waals surface area contributed by atoms with Crippen molar-refractivity contribution in [3.05, 3.63) is 29.3 Å². The van der Waals surface area contributed by atoms with Crippen molar-refractivity contribution in [1.29, 1.82) is 0 Å². The monoisotopic (exact) mass is 329 g/mol. The zero-order chi connectivity index (χ0) is 17.3. The SMILES string of the molecule is CC(=O)N1CCC(NC(=O)c2ccc3c(c2)CCN3C(C)=O)CC1. The molecule has 0 aromatic heterocycles. The Labute approximate surface area is 141 Å². The van der Waals surface area contributed by atoms with Crippen molar-refractivity contribution in [2.24, 2.45) is 0 Å². The number of nitrogens with zero attached hydrogens (tertiary/aromatic N) is 2. The highest BCUT2D eigenvalue weighted by Crippen LogP contribution is 2.29. The van der Waals surface area contributed by atoms with Gasteiger partial charge in [-0.3, -0.25) is 14.4 Å². The first-order valence-electron chi connectivity index (χ1n) is 8.43. The predicted molar refractivity (Wildman–Crippen MR) is 90.9 cm³/mol. The molecule has 0 radical (unpaired) electrons. The van der Waals surface area contributed by atoms with Crippen molar-refractivity contribution in [2.75, 3.05) is 24.5 Å². The maximum absolute atomic E-state index is 12.5. The van der Waals surface area contributed by atoms with Crippen molar-refractivity contribution in [2.45, 2.75) is 39.2 Å². The molecule has 0 spiro atoms. The molecule has 2 aliphatic rings. The molecule has 6 heteroatoms. The molecule has 128 valence electrons. The normalized spacial score (nSPS) is 17.6. The third-order valence-electron chi connectivity index (χ3n) is 4.89. The number of rotatable bonds is 2. The fraction of sp³-hybridized carbons (Fsp3) is 0.500. The van der Waals surface area contributed by atoms with E-state index >= 15 is 0 Å². The fourth-order valence-corrected chi connectivity index (χ4v) is 3.48. The van der Waals surface area contributed by atoms with Crippen molar-refractivity contribution < 1.29 is 14.4 Å². The van der Waals surface area contributed by atoms with Gasteiger partial charge < -0.3 is 15.1 Å². The lowest BCUT2D eigenvalue weighted by Crippen LogP contribution is -2.46. The van der Waals surface area contributed by atoms with Gasteiger partial charge >= 0.3 is 0 Å². The van der Waals surface area contributed by atoms with Crippen LogP contribution in [0.25, 0.3) is 0 Å². The molecule has 6 nitrogen and oxygen atoms in total. The van der Waals surface area contributed by atoms with Crippen LogP contribution in [0.1, 0.15) is 42.6 Å². The average molecular weight is 329 g/mol. The Morgan fingerprint density at radius 3 is 2.38 bits per heavy atom. The molecule has 0 saturated carbocycles. The van der Waals surface area contributed by atoms with Gasteiger partial charge in [-0.2, -0.15) is 0 Å². The molecule has 1 saturated heterocycles. The minimum absolute atomic E-state index is 0.0307. The molecule has 1 fully saturated rings. The highest BCUT2D eigenvalue weighted by Gasteiger charge is 2.25. The van der Waals surface area contributed by atoms with Gasteiger partial charge in [-0.1, -0.05) is 0 Å². The molecule has 1 aromatic carbocycles. The van der Waals surface area contributed by atoms with Crippen molar-refractivity contribution in [3.63, 3.8) is 0 Å². The van der Waals surface area contributed by atoms with Crippen LogP contribution >= 0.6 is 0 Å². The van der Waals surface area contributed by atoms with Crippen LogP contribution in [0.5, 0.6) is 0 Å². The summed E-state index contributed by atoms with van der Waals surface area (Å²) in [6, 6.07) is 5.63. The molecule has 1 aromatic rings. The van der Waals surface area contributed by atoms with Gasteiger partial charge in [0.15, 0.2) is 0 Å². The van der Waals surface area contributed by atoms with E-state index in [9.17, 15) is 14.4 Å². The van der Waals surface area contributed by atoms with Crippen LogP contribution < -0.4 is 10.2 Å². The predicted octanol–water partition coefficient (Wildman–Crippen LogP) is 1.34. The highest BCUT2D eigenvalue weighted by molar-refractivity contribution is 5.98. The summed E-state index contributed by atoms with van der Waals surface area (Å²) in [7, 11) is 0. The molecule has 2 aliphatic heterocycles. The lowest BCUT2D eigenvalue weighted by atomic mass is 10.0. The molecule has 24 heavy (non-hydrogen) atoms. The molecule has 0 atom stereocenters. The second-order valence-electron chi connectivity index (χ2n) is 6.52. The van der Waals surface area contributed by atoms with Crippen LogP contribution in [0.4, 0.5) is 5.69 Å². The number of carbonyl (C=O) groups is 3. The van der Waals surface area contributed by atoms with Gasteiger partial charge in [-0.05, 0) is 43.0 Å². The first-order chi connectivity index (χ1) is 11.5. The van der Waals surface area contributed by atoms with Gasteiger partial charge in [-0.25, -0.2) is 0 Å². The summed E-state index contributed by atoms with van der Waals surface area (Å²) in [5.74, 6) is 0.0388. The number of nitrogens with one attached hydrogen (secondary N) is 1. The van der Waals surface area contributed by atoms with E-state index < -0.39 is 0 Å². The third kappa shape index (κ3) is 3.27. The number of piperidine rings is 1. The number of benzene rings is 1. The summed E-state index contributed by atoms with van der Waals surface area (Å²) in [6.45, 7) is 5.20. The average Bonchev–Trinajstić information content (AvgIpc) is 2.98. The maximum atomic E-state index is 12.5. The van der Waals surface area contributed by atoms with E-state index in [2.05, 4.69) is 5.32 Å². The second kappa shape index (κ2) is 6.63. The lowest BCUT2D eigenvalue weighted by molar-refractivity contribution is -0.129. The van der Waals surface area contributed by atoms with E-state index in [1.54, 1.807) is 24.8 Å². The molecular weight excluding hydrogens is 306 g/mol. The molecule has 1 N–H and O–H groups in total. The Balaban J connectivity index is 1.63. The van der Waals surface area contributed by atoms with Crippen LogP contribution in [-0.4, -0.2) is 48.3 Å². The lowest BCUT2D eigenvalue weighted by Gasteiger charge is -2.31. The van der Waals surface area contributed by atoms with E-state index in [-0.39, 0.29) is 23.8 Å². The van der Waals surface area contributed by atoms with Crippen molar-refractivity contribution in [3.8, 4) is 0 Å². The Morgan fingerprint density at radius 2 is 1.75 bits per heavy atom. The van der Waals surface area contributed by atoms with E-state index in [1.807, 2.05) is 17.0 Å². The zero-order valence-electron chi connectivity index (χ0n) is 14.2. The Hall–Kier alpha value is -2.37. The van der Waals surface area contributed by atoms with Crippen LogP contribution in [0.2, 0.25) is 0 Å². The summed E-state index contributed by atoms with van der Waals surface area (Å²) in [6.07, 6.45) is 2.36. The van der Waals surface area contributed by atoms with Crippen LogP contribution in [-0.2, 0) is 16.0 Å². The summed E-state index contributed by atoms with van der Waals surface area (Å²) in [5, 5.41) is 3.06. The molecular formula is C18H23N3O3.